The normalized spacial score (nSPS) is 10.3. The molecule has 17 heavy (non-hydrogen) atoms. The molecule has 6 heteroatoms. The Morgan fingerprint density at radius 3 is 3.00 bits per heavy atom. The number of halogens is 1. The number of rotatable bonds is 6. The summed E-state index contributed by atoms with van der Waals surface area (Å²) < 4.78 is 1.88. The smallest absolute Gasteiger partial charge is 0.283 e. The Morgan fingerprint density at radius 2 is 2.41 bits per heavy atom. The van der Waals surface area contributed by atoms with E-state index in [0.717, 1.165) is 18.7 Å². The molecule has 0 spiro atoms. The zero-order valence-corrected chi connectivity index (χ0v) is 11.5. The van der Waals surface area contributed by atoms with E-state index in [1.165, 1.54) is 4.68 Å². The molecule has 0 radical (unpaired) electrons. The fraction of sp³-hybridized carbons (Fsp3) is 0.455. The molecule has 0 aliphatic rings. The molecule has 5 nitrogen and oxygen atoms in total. The Morgan fingerprint density at radius 1 is 1.71 bits per heavy atom. The van der Waals surface area contributed by atoms with Crippen molar-refractivity contribution in [1.29, 1.82) is 0 Å². The molecule has 0 bridgehead atoms. The number of anilines is 1. The van der Waals surface area contributed by atoms with Crippen LogP contribution in [-0.2, 0) is 6.54 Å². The molecule has 0 fully saturated rings. The van der Waals surface area contributed by atoms with Gasteiger partial charge in [-0.15, -0.1) is 6.58 Å². The van der Waals surface area contributed by atoms with Crippen LogP contribution in [0.4, 0.5) is 5.69 Å². The summed E-state index contributed by atoms with van der Waals surface area (Å²) in [5.41, 5.74) is 6.09. The molecule has 0 saturated carbocycles. The quantitative estimate of drug-likeness (QED) is 0.796. The Hall–Kier alpha value is -1.14. The SMILES string of the molecule is C=CCn1ncc(N(C)CCCN)c(Br)c1=O. The van der Waals surface area contributed by atoms with Gasteiger partial charge in [-0.05, 0) is 28.9 Å². The van der Waals surface area contributed by atoms with Crippen LogP contribution >= 0.6 is 15.9 Å². The minimum Gasteiger partial charge on any atom is -0.372 e. The summed E-state index contributed by atoms with van der Waals surface area (Å²) in [6, 6.07) is 0. The van der Waals surface area contributed by atoms with Crippen molar-refractivity contribution in [2.75, 3.05) is 25.0 Å². The molecule has 94 valence electrons. The van der Waals surface area contributed by atoms with Crippen LogP contribution in [-0.4, -0.2) is 29.9 Å². The maximum atomic E-state index is 11.9. The van der Waals surface area contributed by atoms with Gasteiger partial charge in [0.05, 0.1) is 18.4 Å². The second-order valence-corrected chi connectivity index (χ2v) is 4.48. The van der Waals surface area contributed by atoms with Gasteiger partial charge in [0.15, 0.2) is 0 Å². The first kappa shape index (κ1) is 13.9. The largest absolute Gasteiger partial charge is 0.372 e. The lowest BCUT2D eigenvalue weighted by molar-refractivity contribution is 0.645. The van der Waals surface area contributed by atoms with Crippen LogP contribution in [0.1, 0.15) is 6.42 Å². The van der Waals surface area contributed by atoms with Gasteiger partial charge >= 0.3 is 0 Å². The van der Waals surface area contributed by atoms with E-state index in [4.69, 9.17) is 5.73 Å². The summed E-state index contributed by atoms with van der Waals surface area (Å²) in [5.74, 6) is 0. The van der Waals surface area contributed by atoms with Crippen molar-refractivity contribution in [3.8, 4) is 0 Å². The third kappa shape index (κ3) is 3.41. The molecule has 2 N–H and O–H groups in total. The summed E-state index contributed by atoms with van der Waals surface area (Å²) in [5, 5.41) is 4.09. The van der Waals surface area contributed by atoms with Crippen LogP contribution in [0.25, 0.3) is 0 Å². The molecule has 0 aromatic carbocycles. The van der Waals surface area contributed by atoms with E-state index in [1.807, 2.05) is 11.9 Å². The molecular weight excluding hydrogens is 284 g/mol. The zero-order chi connectivity index (χ0) is 12.8. The molecular formula is C11H17BrN4O. The van der Waals surface area contributed by atoms with Crippen molar-refractivity contribution >= 4 is 21.6 Å². The topological polar surface area (TPSA) is 64.2 Å². The summed E-state index contributed by atoms with van der Waals surface area (Å²) in [4.78, 5) is 13.9. The fourth-order valence-electron chi connectivity index (χ4n) is 1.42. The molecule has 0 atom stereocenters. The number of aromatic nitrogens is 2. The molecule has 1 heterocycles. The van der Waals surface area contributed by atoms with E-state index in [1.54, 1.807) is 12.3 Å². The Labute approximate surface area is 109 Å². The highest BCUT2D eigenvalue weighted by molar-refractivity contribution is 9.10. The van der Waals surface area contributed by atoms with Crippen LogP contribution in [0.3, 0.4) is 0 Å². The molecule has 0 aliphatic carbocycles. The molecule has 0 saturated heterocycles. The van der Waals surface area contributed by atoms with Crippen molar-refractivity contribution < 1.29 is 0 Å². The van der Waals surface area contributed by atoms with E-state index in [2.05, 4.69) is 27.6 Å². The third-order valence-corrected chi connectivity index (χ3v) is 3.12. The maximum absolute atomic E-state index is 11.9. The molecule has 0 amide bonds. The fourth-order valence-corrected chi connectivity index (χ4v) is 2.03. The predicted molar refractivity (Wildman–Crippen MR) is 73.3 cm³/mol. The highest BCUT2D eigenvalue weighted by atomic mass is 79.9. The summed E-state index contributed by atoms with van der Waals surface area (Å²) in [7, 11) is 1.91. The van der Waals surface area contributed by atoms with E-state index in [0.29, 0.717) is 17.6 Å². The Balaban J connectivity index is 2.99. The minimum atomic E-state index is -0.151. The van der Waals surface area contributed by atoms with Crippen LogP contribution in [0, 0.1) is 0 Å². The van der Waals surface area contributed by atoms with Gasteiger partial charge in [0.2, 0.25) is 0 Å². The summed E-state index contributed by atoms with van der Waals surface area (Å²) in [6.07, 6.45) is 4.18. The summed E-state index contributed by atoms with van der Waals surface area (Å²) in [6.45, 7) is 5.41. The third-order valence-electron chi connectivity index (χ3n) is 2.38. The number of hydrogen-bond donors (Lipinski definition) is 1. The van der Waals surface area contributed by atoms with Gasteiger partial charge in [0, 0.05) is 13.6 Å². The van der Waals surface area contributed by atoms with Crippen molar-refractivity contribution in [1.82, 2.24) is 9.78 Å². The average molecular weight is 301 g/mol. The first-order valence-electron chi connectivity index (χ1n) is 5.39. The standard InChI is InChI=1S/C11H17BrN4O/c1-3-6-16-11(17)10(12)9(8-14-16)15(2)7-4-5-13/h3,8H,1,4-7,13H2,2H3. The highest BCUT2D eigenvalue weighted by Crippen LogP contribution is 2.20. The maximum Gasteiger partial charge on any atom is 0.283 e. The lowest BCUT2D eigenvalue weighted by Crippen LogP contribution is -2.28. The number of nitrogens with zero attached hydrogens (tertiary/aromatic N) is 3. The van der Waals surface area contributed by atoms with Crippen molar-refractivity contribution in [2.45, 2.75) is 13.0 Å². The highest BCUT2D eigenvalue weighted by Gasteiger charge is 2.11. The minimum absolute atomic E-state index is 0.151. The van der Waals surface area contributed by atoms with Gasteiger partial charge < -0.3 is 10.6 Å². The number of nitrogens with two attached hydrogens (primary N) is 1. The van der Waals surface area contributed by atoms with E-state index >= 15 is 0 Å². The monoisotopic (exact) mass is 300 g/mol. The first-order valence-corrected chi connectivity index (χ1v) is 6.18. The average Bonchev–Trinajstić information content (AvgIpc) is 2.32. The van der Waals surface area contributed by atoms with Crippen molar-refractivity contribution in [2.24, 2.45) is 5.73 Å². The summed E-state index contributed by atoms with van der Waals surface area (Å²) >= 11 is 3.31. The van der Waals surface area contributed by atoms with Crippen LogP contribution in [0.2, 0.25) is 0 Å². The van der Waals surface area contributed by atoms with E-state index in [-0.39, 0.29) is 5.56 Å². The Bertz CT molecular complexity index is 444. The molecule has 0 unspecified atom stereocenters. The Kier molecular flexibility index (Phi) is 5.37. The lowest BCUT2D eigenvalue weighted by atomic mass is 10.3. The molecule has 1 aromatic heterocycles. The van der Waals surface area contributed by atoms with Crippen molar-refractivity contribution in [3.63, 3.8) is 0 Å². The van der Waals surface area contributed by atoms with Gasteiger partial charge in [-0.2, -0.15) is 5.10 Å². The van der Waals surface area contributed by atoms with Gasteiger partial charge in [0.1, 0.15) is 4.47 Å². The van der Waals surface area contributed by atoms with Crippen LogP contribution < -0.4 is 16.2 Å². The first-order chi connectivity index (χ1) is 8.11. The predicted octanol–water partition coefficient (Wildman–Crippen LogP) is 0.977. The second-order valence-electron chi connectivity index (χ2n) is 3.68. The van der Waals surface area contributed by atoms with Gasteiger partial charge in [-0.25, -0.2) is 4.68 Å². The second kappa shape index (κ2) is 6.56. The number of allylic oxidation sites excluding steroid dienone is 1. The van der Waals surface area contributed by atoms with Gasteiger partial charge in [-0.3, -0.25) is 4.79 Å². The molecule has 1 aromatic rings. The lowest BCUT2D eigenvalue weighted by Gasteiger charge is -2.19. The number of hydrogen-bond acceptors (Lipinski definition) is 4. The van der Waals surface area contributed by atoms with Crippen LogP contribution in [0.15, 0.2) is 28.1 Å². The van der Waals surface area contributed by atoms with E-state index < -0.39 is 0 Å². The molecule has 0 aliphatic heterocycles. The van der Waals surface area contributed by atoms with Crippen LogP contribution in [0.5, 0.6) is 0 Å². The van der Waals surface area contributed by atoms with E-state index in [9.17, 15) is 4.79 Å². The molecule has 1 rings (SSSR count). The van der Waals surface area contributed by atoms with Gasteiger partial charge in [0.25, 0.3) is 5.56 Å². The van der Waals surface area contributed by atoms with Gasteiger partial charge in [-0.1, -0.05) is 6.08 Å². The zero-order valence-electron chi connectivity index (χ0n) is 9.90. The van der Waals surface area contributed by atoms with Crippen molar-refractivity contribution in [3.05, 3.63) is 33.7 Å².